The minimum atomic E-state index is 0.432. The third kappa shape index (κ3) is 1.68. The predicted octanol–water partition coefficient (Wildman–Crippen LogP) is 2.53. The highest BCUT2D eigenvalue weighted by Gasteiger charge is 2.11. The number of rotatable bonds is 3. The molecule has 0 aliphatic heterocycles. The van der Waals surface area contributed by atoms with Crippen LogP contribution in [0, 0.1) is 0 Å². The number of thiazole rings is 1. The molecular formula is C13H13N3OS. The van der Waals surface area contributed by atoms with Crippen LogP contribution in [0.2, 0.25) is 0 Å². The average Bonchev–Trinajstić information content (AvgIpc) is 2.99. The topological polar surface area (TPSA) is 52.5 Å². The molecule has 5 heteroatoms. The van der Waals surface area contributed by atoms with Crippen molar-refractivity contribution in [2.75, 3.05) is 7.11 Å². The normalized spacial score (nSPS) is 11.0. The van der Waals surface area contributed by atoms with Gasteiger partial charge in [0.05, 0.1) is 25.5 Å². The molecule has 0 spiro atoms. The van der Waals surface area contributed by atoms with Crippen molar-refractivity contribution in [3.8, 4) is 17.0 Å². The highest BCUT2D eigenvalue weighted by atomic mass is 32.1. The van der Waals surface area contributed by atoms with Crippen LogP contribution in [0.5, 0.6) is 5.75 Å². The number of imidazole rings is 1. The molecule has 2 N–H and O–H groups in total. The van der Waals surface area contributed by atoms with E-state index in [4.69, 9.17) is 10.5 Å². The summed E-state index contributed by atoms with van der Waals surface area (Å²) < 4.78 is 7.35. The molecule has 0 atom stereocenters. The summed E-state index contributed by atoms with van der Waals surface area (Å²) in [6, 6.07) is 7.99. The first kappa shape index (κ1) is 11.3. The Bertz CT molecular complexity index is 686. The summed E-state index contributed by atoms with van der Waals surface area (Å²) in [6.07, 6.45) is 1.86. The molecule has 0 saturated carbocycles. The lowest BCUT2D eigenvalue weighted by atomic mass is 10.1. The van der Waals surface area contributed by atoms with Crippen LogP contribution < -0.4 is 10.5 Å². The number of methoxy groups -OCH3 is 1. The molecule has 2 aromatic heterocycles. The van der Waals surface area contributed by atoms with E-state index in [1.54, 1.807) is 18.4 Å². The van der Waals surface area contributed by atoms with Gasteiger partial charge in [0, 0.05) is 10.9 Å². The fourth-order valence-electron chi connectivity index (χ4n) is 2.01. The van der Waals surface area contributed by atoms with Crippen molar-refractivity contribution in [1.82, 2.24) is 9.38 Å². The van der Waals surface area contributed by atoms with Gasteiger partial charge in [0.2, 0.25) is 0 Å². The van der Waals surface area contributed by atoms with E-state index in [9.17, 15) is 0 Å². The molecule has 0 fully saturated rings. The van der Waals surface area contributed by atoms with Crippen molar-refractivity contribution in [2.24, 2.45) is 5.73 Å². The van der Waals surface area contributed by atoms with Gasteiger partial charge >= 0.3 is 0 Å². The summed E-state index contributed by atoms with van der Waals surface area (Å²) in [7, 11) is 1.67. The highest BCUT2D eigenvalue weighted by Crippen LogP contribution is 2.29. The largest absolute Gasteiger partial charge is 0.497 e. The van der Waals surface area contributed by atoms with Crippen molar-refractivity contribution < 1.29 is 4.74 Å². The third-order valence-corrected chi connectivity index (χ3v) is 3.75. The molecule has 0 amide bonds. The lowest BCUT2D eigenvalue weighted by molar-refractivity contribution is 0.415. The quantitative estimate of drug-likeness (QED) is 0.786. The van der Waals surface area contributed by atoms with Crippen LogP contribution in [0.3, 0.4) is 0 Å². The van der Waals surface area contributed by atoms with Gasteiger partial charge in [0.1, 0.15) is 16.4 Å². The number of benzene rings is 1. The second kappa shape index (κ2) is 4.44. The van der Waals surface area contributed by atoms with Gasteiger partial charge in [-0.25, -0.2) is 4.98 Å². The van der Waals surface area contributed by atoms with Gasteiger partial charge in [0.25, 0.3) is 0 Å². The summed E-state index contributed by atoms with van der Waals surface area (Å²) in [5.41, 5.74) is 7.93. The number of fused-ring (bicyclic) bond motifs is 1. The van der Waals surface area contributed by atoms with Crippen LogP contribution in [0.25, 0.3) is 16.1 Å². The molecule has 2 heterocycles. The van der Waals surface area contributed by atoms with E-state index in [0.29, 0.717) is 6.54 Å². The first-order chi connectivity index (χ1) is 8.83. The monoisotopic (exact) mass is 259 g/mol. The molecule has 4 nitrogen and oxygen atoms in total. The van der Waals surface area contributed by atoms with Crippen LogP contribution in [-0.4, -0.2) is 16.5 Å². The second-order valence-electron chi connectivity index (χ2n) is 3.91. The van der Waals surface area contributed by atoms with Crippen LogP contribution >= 0.6 is 11.3 Å². The molecule has 0 radical (unpaired) electrons. The number of nitrogens with zero attached hydrogens (tertiary/aromatic N) is 2. The molecular weight excluding hydrogens is 246 g/mol. The van der Waals surface area contributed by atoms with Crippen LogP contribution in [-0.2, 0) is 6.54 Å². The number of nitrogens with two attached hydrogens (primary N) is 1. The van der Waals surface area contributed by atoms with Gasteiger partial charge < -0.3 is 10.5 Å². The van der Waals surface area contributed by atoms with E-state index in [2.05, 4.69) is 20.8 Å². The lowest BCUT2D eigenvalue weighted by Gasteiger charge is -2.05. The van der Waals surface area contributed by atoms with Crippen molar-refractivity contribution in [3.05, 3.63) is 41.7 Å². The summed E-state index contributed by atoms with van der Waals surface area (Å²) in [6.45, 7) is 0.432. The molecule has 92 valence electrons. The van der Waals surface area contributed by atoms with Gasteiger partial charge in [-0.3, -0.25) is 4.40 Å². The average molecular weight is 259 g/mol. The maximum Gasteiger partial charge on any atom is 0.128 e. The van der Waals surface area contributed by atoms with Crippen molar-refractivity contribution in [2.45, 2.75) is 6.54 Å². The van der Waals surface area contributed by atoms with E-state index in [-0.39, 0.29) is 0 Å². The Morgan fingerprint density at radius 3 is 3.11 bits per heavy atom. The Hall–Kier alpha value is -1.85. The number of hydrogen-bond donors (Lipinski definition) is 1. The number of ether oxygens (including phenoxy) is 1. The van der Waals surface area contributed by atoms with Gasteiger partial charge in [-0.15, -0.1) is 11.3 Å². The van der Waals surface area contributed by atoms with Gasteiger partial charge in [-0.2, -0.15) is 0 Å². The molecule has 0 aliphatic rings. The Morgan fingerprint density at radius 2 is 2.33 bits per heavy atom. The van der Waals surface area contributed by atoms with E-state index < -0.39 is 0 Å². The summed E-state index contributed by atoms with van der Waals surface area (Å²) in [4.78, 5) is 5.42. The first-order valence-electron chi connectivity index (χ1n) is 5.62. The third-order valence-electron chi connectivity index (χ3n) is 2.88. The molecule has 3 rings (SSSR count). The summed E-state index contributed by atoms with van der Waals surface area (Å²) in [5.74, 6) is 1.73. The van der Waals surface area contributed by atoms with Crippen LogP contribution in [0.4, 0.5) is 0 Å². The van der Waals surface area contributed by atoms with E-state index in [1.807, 2.05) is 24.4 Å². The predicted molar refractivity (Wildman–Crippen MR) is 72.9 cm³/mol. The Labute approximate surface area is 109 Å². The zero-order chi connectivity index (χ0) is 12.5. The highest BCUT2D eigenvalue weighted by molar-refractivity contribution is 7.15. The first-order valence-corrected chi connectivity index (χ1v) is 6.49. The fraction of sp³-hybridized carbons (Fsp3) is 0.154. The van der Waals surface area contributed by atoms with Crippen molar-refractivity contribution in [3.63, 3.8) is 0 Å². The SMILES string of the molecule is COc1cccc(-c2csc3cnc(CN)n23)c1. The fourth-order valence-corrected chi connectivity index (χ4v) is 2.90. The Balaban J connectivity index is 2.21. The molecule has 0 aliphatic carbocycles. The van der Waals surface area contributed by atoms with E-state index >= 15 is 0 Å². The van der Waals surface area contributed by atoms with Gasteiger partial charge in [-0.1, -0.05) is 12.1 Å². The maximum atomic E-state index is 5.72. The number of hydrogen-bond acceptors (Lipinski definition) is 4. The molecule has 0 unspecified atom stereocenters. The zero-order valence-corrected chi connectivity index (χ0v) is 10.8. The molecule has 0 saturated heterocycles. The summed E-state index contributed by atoms with van der Waals surface area (Å²) in [5, 5.41) is 2.12. The van der Waals surface area contributed by atoms with E-state index in [1.165, 1.54) is 0 Å². The molecule has 1 aromatic carbocycles. The minimum Gasteiger partial charge on any atom is -0.497 e. The standard InChI is InChI=1S/C13H13N3OS/c1-17-10-4-2-3-9(5-10)11-8-18-13-7-15-12(6-14)16(11)13/h2-5,7-8H,6,14H2,1H3. The van der Waals surface area contributed by atoms with E-state index in [0.717, 1.165) is 27.7 Å². The number of aromatic nitrogens is 2. The maximum absolute atomic E-state index is 5.72. The molecule has 3 aromatic rings. The van der Waals surface area contributed by atoms with Crippen LogP contribution in [0.1, 0.15) is 5.82 Å². The Kier molecular flexibility index (Phi) is 2.77. The molecule has 0 bridgehead atoms. The summed E-state index contributed by atoms with van der Waals surface area (Å²) >= 11 is 1.66. The molecule has 18 heavy (non-hydrogen) atoms. The Morgan fingerprint density at radius 1 is 1.44 bits per heavy atom. The smallest absolute Gasteiger partial charge is 0.128 e. The zero-order valence-electron chi connectivity index (χ0n) is 9.96. The van der Waals surface area contributed by atoms with Crippen molar-refractivity contribution >= 4 is 16.2 Å². The second-order valence-corrected chi connectivity index (χ2v) is 4.79. The van der Waals surface area contributed by atoms with Gasteiger partial charge in [-0.05, 0) is 12.1 Å². The van der Waals surface area contributed by atoms with Gasteiger partial charge in [0.15, 0.2) is 0 Å². The lowest BCUT2D eigenvalue weighted by Crippen LogP contribution is -2.02. The minimum absolute atomic E-state index is 0.432. The van der Waals surface area contributed by atoms with Crippen LogP contribution in [0.15, 0.2) is 35.8 Å². The van der Waals surface area contributed by atoms with Crippen molar-refractivity contribution in [1.29, 1.82) is 0 Å².